The van der Waals surface area contributed by atoms with Crippen molar-refractivity contribution < 1.29 is 13.9 Å². The second-order valence-electron chi connectivity index (χ2n) is 8.56. The summed E-state index contributed by atoms with van der Waals surface area (Å²) >= 11 is 5.88. The van der Waals surface area contributed by atoms with Crippen molar-refractivity contribution in [2.75, 3.05) is 11.4 Å². The van der Waals surface area contributed by atoms with E-state index in [0.29, 0.717) is 6.54 Å². The van der Waals surface area contributed by atoms with Gasteiger partial charge < -0.3 is 15.0 Å². The highest BCUT2D eigenvalue weighted by molar-refractivity contribution is 14.1. The average molecular weight is 664 g/mol. The molecular formula is C26H21BrF2IN5O. The molecule has 184 valence electrons. The summed E-state index contributed by atoms with van der Waals surface area (Å²) < 4.78 is 32.2. The lowest BCUT2D eigenvalue weighted by atomic mass is 9.91. The van der Waals surface area contributed by atoms with Gasteiger partial charge in [0.1, 0.15) is 29.9 Å². The first-order valence-electron chi connectivity index (χ1n) is 11.1. The molecule has 36 heavy (non-hydrogen) atoms. The first-order valence-corrected chi connectivity index (χ1v) is 12.9. The van der Waals surface area contributed by atoms with E-state index >= 15 is 4.39 Å². The molecule has 2 heterocycles. The van der Waals surface area contributed by atoms with Crippen LogP contribution in [0.2, 0.25) is 0 Å². The molecule has 0 saturated heterocycles. The van der Waals surface area contributed by atoms with Gasteiger partial charge in [0.2, 0.25) is 0 Å². The standard InChI is InChI=1S/C26H21BrF2IN5O/c27-22-2-1-3-24-25(22)17(11-32-24)12-34(20-7-5-19(30)6-8-20)13-26(36,14-35-16-31-15-33-35)21-9-4-18(28)10-23(21)29/h1-11,15-16,32,36H,12-14H2. The summed E-state index contributed by atoms with van der Waals surface area (Å²) in [7, 11) is 0. The van der Waals surface area contributed by atoms with E-state index in [1.54, 1.807) is 0 Å². The van der Waals surface area contributed by atoms with E-state index in [2.05, 4.69) is 53.6 Å². The number of fused-ring (bicyclic) bond motifs is 1. The number of rotatable bonds is 8. The summed E-state index contributed by atoms with van der Waals surface area (Å²) in [4.78, 5) is 9.23. The zero-order valence-corrected chi connectivity index (χ0v) is 22.6. The Balaban J connectivity index is 1.59. The molecule has 0 saturated carbocycles. The minimum absolute atomic E-state index is 0.00707. The van der Waals surface area contributed by atoms with Crippen molar-refractivity contribution in [3.8, 4) is 0 Å². The van der Waals surface area contributed by atoms with Gasteiger partial charge in [0.05, 0.1) is 13.1 Å². The number of hydrogen-bond donors (Lipinski definition) is 2. The van der Waals surface area contributed by atoms with Gasteiger partial charge in [0, 0.05) is 49.0 Å². The zero-order valence-electron chi connectivity index (χ0n) is 18.9. The summed E-state index contributed by atoms with van der Waals surface area (Å²) in [6.07, 6.45) is 4.74. The Morgan fingerprint density at radius 1 is 1.11 bits per heavy atom. The number of aromatic amines is 1. The van der Waals surface area contributed by atoms with E-state index in [1.165, 1.54) is 23.4 Å². The van der Waals surface area contributed by atoms with Gasteiger partial charge in [-0.15, -0.1) is 0 Å². The second kappa shape index (κ2) is 10.3. The molecule has 0 aliphatic heterocycles. The lowest BCUT2D eigenvalue weighted by Crippen LogP contribution is -2.44. The molecule has 1 atom stereocenters. The smallest absolute Gasteiger partial charge is 0.137 e. The van der Waals surface area contributed by atoms with Gasteiger partial charge in [-0.1, -0.05) is 28.1 Å². The van der Waals surface area contributed by atoms with E-state index in [0.717, 1.165) is 42.3 Å². The highest BCUT2D eigenvalue weighted by Gasteiger charge is 2.36. The molecule has 0 radical (unpaired) electrons. The Morgan fingerprint density at radius 2 is 1.92 bits per heavy atom. The van der Waals surface area contributed by atoms with E-state index in [9.17, 15) is 9.50 Å². The number of aliphatic hydroxyl groups is 1. The first kappa shape index (κ1) is 24.8. The number of aromatic nitrogens is 4. The molecule has 2 aromatic heterocycles. The maximum absolute atomic E-state index is 15.0. The molecule has 3 aromatic carbocycles. The van der Waals surface area contributed by atoms with Gasteiger partial charge in [0.25, 0.3) is 0 Å². The van der Waals surface area contributed by atoms with Gasteiger partial charge >= 0.3 is 0 Å². The van der Waals surface area contributed by atoms with Crippen LogP contribution >= 0.6 is 38.5 Å². The molecule has 5 aromatic rings. The Kier molecular flexibility index (Phi) is 7.09. The van der Waals surface area contributed by atoms with Crippen molar-refractivity contribution in [2.24, 2.45) is 0 Å². The molecule has 0 aliphatic carbocycles. The van der Waals surface area contributed by atoms with Gasteiger partial charge in [-0.25, -0.2) is 18.4 Å². The van der Waals surface area contributed by atoms with Gasteiger partial charge in [-0.3, -0.25) is 0 Å². The third-order valence-electron chi connectivity index (χ3n) is 6.06. The number of benzene rings is 3. The second-order valence-corrected chi connectivity index (χ2v) is 10.7. The van der Waals surface area contributed by atoms with Crippen LogP contribution in [0, 0.1) is 15.2 Å². The molecule has 0 aliphatic rings. The molecular weight excluding hydrogens is 643 g/mol. The van der Waals surface area contributed by atoms with Crippen LogP contribution in [-0.2, 0) is 18.7 Å². The monoisotopic (exact) mass is 663 g/mol. The molecule has 0 amide bonds. The zero-order chi connectivity index (χ0) is 25.3. The minimum Gasteiger partial charge on any atom is -0.381 e. The molecule has 5 rings (SSSR count). The number of nitrogens with one attached hydrogen (secondary N) is 1. The average Bonchev–Trinajstić information content (AvgIpc) is 3.49. The Hall–Kier alpha value is -2.83. The van der Waals surface area contributed by atoms with Crippen LogP contribution in [0.25, 0.3) is 10.9 Å². The number of nitrogens with zero attached hydrogens (tertiary/aromatic N) is 4. The first-order chi connectivity index (χ1) is 17.3. The van der Waals surface area contributed by atoms with Crippen LogP contribution in [0.1, 0.15) is 11.1 Å². The molecule has 0 fully saturated rings. The fourth-order valence-electron chi connectivity index (χ4n) is 4.41. The lowest BCUT2D eigenvalue weighted by Gasteiger charge is -2.36. The summed E-state index contributed by atoms with van der Waals surface area (Å²) in [6, 6.07) is 17.0. The fourth-order valence-corrected chi connectivity index (χ4v) is 5.39. The van der Waals surface area contributed by atoms with E-state index in [1.807, 2.05) is 53.6 Å². The molecule has 0 spiro atoms. The normalized spacial score (nSPS) is 13.1. The van der Waals surface area contributed by atoms with Crippen LogP contribution in [0.5, 0.6) is 0 Å². The van der Waals surface area contributed by atoms with Gasteiger partial charge in [-0.05, 0) is 70.6 Å². The van der Waals surface area contributed by atoms with Crippen molar-refractivity contribution in [1.82, 2.24) is 19.7 Å². The molecule has 0 bridgehead atoms. The lowest BCUT2D eigenvalue weighted by molar-refractivity contribution is 0.0182. The number of anilines is 1. The van der Waals surface area contributed by atoms with Crippen LogP contribution in [-0.4, -0.2) is 31.4 Å². The van der Waals surface area contributed by atoms with Crippen molar-refractivity contribution in [1.29, 1.82) is 0 Å². The molecule has 6 nitrogen and oxygen atoms in total. The van der Waals surface area contributed by atoms with Crippen molar-refractivity contribution in [2.45, 2.75) is 18.7 Å². The van der Waals surface area contributed by atoms with Crippen molar-refractivity contribution in [3.63, 3.8) is 0 Å². The van der Waals surface area contributed by atoms with Crippen LogP contribution in [0.4, 0.5) is 14.5 Å². The summed E-state index contributed by atoms with van der Waals surface area (Å²) in [6.45, 7) is 0.354. The Labute approximate surface area is 228 Å². The maximum atomic E-state index is 15.0. The largest absolute Gasteiger partial charge is 0.381 e. The SMILES string of the molecule is OC(CN(Cc1c[nH]c2cccc(Br)c12)c1ccc(I)cc1)(Cn1cncn1)c1ccc(F)cc1F. The molecule has 1 unspecified atom stereocenters. The summed E-state index contributed by atoms with van der Waals surface area (Å²) in [5.74, 6) is -1.53. The summed E-state index contributed by atoms with van der Waals surface area (Å²) in [5, 5.41) is 17.1. The maximum Gasteiger partial charge on any atom is 0.137 e. The predicted octanol–water partition coefficient (Wildman–Crippen LogP) is 6.00. The number of halogens is 4. The van der Waals surface area contributed by atoms with Crippen molar-refractivity contribution >= 4 is 55.1 Å². The highest BCUT2D eigenvalue weighted by Crippen LogP contribution is 2.33. The topological polar surface area (TPSA) is 70.0 Å². The van der Waals surface area contributed by atoms with Crippen molar-refractivity contribution in [3.05, 3.63) is 110 Å². The van der Waals surface area contributed by atoms with E-state index < -0.39 is 17.2 Å². The minimum atomic E-state index is -1.75. The van der Waals surface area contributed by atoms with Crippen LogP contribution in [0.15, 0.2) is 84.0 Å². The summed E-state index contributed by atoms with van der Waals surface area (Å²) in [5.41, 5.74) is 1.05. The third kappa shape index (κ3) is 5.16. The van der Waals surface area contributed by atoms with Crippen LogP contribution < -0.4 is 4.90 Å². The third-order valence-corrected chi connectivity index (χ3v) is 7.44. The van der Waals surface area contributed by atoms with Crippen LogP contribution in [0.3, 0.4) is 0 Å². The van der Waals surface area contributed by atoms with Gasteiger partial charge in [0.15, 0.2) is 0 Å². The molecule has 2 N–H and O–H groups in total. The van der Waals surface area contributed by atoms with Gasteiger partial charge in [-0.2, -0.15) is 5.10 Å². The van der Waals surface area contributed by atoms with E-state index in [-0.39, 0.29) is 18.7 Å². The quantitative estimate of drug-likeness (QED) is 0.200. The Bertz CT molecular complexity index is 1490. The Morgan fingerprint density at radius 3 is 2.64 bits per heavy atom. The number of H-pyrrole nitrogens is 1. The predicted molar refractivity (Wildman–Crippen MR) is 146 cm³/mol. The molecule has 10 heteroatoms. The fraction of sp³-hybridized carbons (Fsp3) is 0.154. The number of hydrogen-bond acceptors (Lipinski definition) is 4. The highest BCUT2D eigenvalue weighted by atomic mass is 127. The van der Waals surface area contributed by atoms with E-state index in [4.69, 9.17) is 0 Å².